The maximum atomic E-state index is 12.9. The first-order valence-electron chi connectivity index (χ1n) is 9.34. The van der Waals surface area contributed by atoms with Gasteiger partial charge < -0.3 is 5.32 Å². The Bertz CT molecular complexity index is 768. The van der Waals surface area contributed by atoms with Gasteiger partial charge in [-0.1, -0.05) is 55.5 Å². The van der Waals surface area contributed by atoms with Gasteiger partial charge in [0, 0.05) is 19.6 Å². The minimum Gasteiger partial charge on any atom is -0.351 e. The van der Waals surface area contributed by atoms with Crippen molar-refractivity contribution >= 4 is 5.91 Å². The summed E-state index contributed by atoms with van der Waals surface area (Å²) < 4.78 is 0. The lowest BCUT2D eigenvalue weighted by Crippen LogP contribution is -2.42. The molecule has 0 saturated carbocycles. The monoisotopic (exact) mass is 334 g/mol. The van der Waals surface area contributed by atoms with Gasteiger partial charge in [0.25, 0.3) is 0 Å². The molecule has 2 aliphatic rings. The molecule has 2 aromatic carbocycles. The van der Waals surface area contributed by atoms with Crippen molar-refractivity contribution in [3.8, 4) is 0 Å². The zero-order valence-electron chi connectivity index (χ0n) is 14.9. The summed E-state index contributed by atoms with van der Waals surface area (Å²) >= 11 is 0. The third-order valence-corrected chi connectivity index (χ3v) is 5.84. The smallest absolute Gasteiger partial charge is 0.228 e. The first kappa shape index (κ1) is 16.3. The number of fused-ring (bicyclic) bond motifs is 1. The van der Waals surface area contributed by atoms with Crippen LogP contribution in [0.5, 0.6) is 0 Å². The predicted molar refractivity (Wildman–Crippen MR) is 100 cm³/mol. The highest BCUT2D eigenvalue weighted by Gasteiger charge is 2.45. The molecule has 0 aromatic heterocycles. The molecule has 1 spiro atoms. The van der Waals surface area contributed by atoms with Gasteiger partial charge in [-0.05, 0) is 48.1 Å². The Labute approximate surface area is 150 Å². The van der Waals surface area contributed by atoms with Crippen molar-refractivity contribution in [2.75, 3.05) is 13.1 Å². The van der Waals surface area contributed by atoms with Gasteiger partial charge in [0.15, 0.2) is 0 Å². The normalized spacial score (nSPS) is 23.3. The zero-order chi connectivity index (χ0) is 17.3. The summed E-state index contributed by atoms with van der Waals surface area (Å²) in [6, 6.07) is 17.4. The largest absolute Gasteiger partial charge is 0.351 e. The van der Waals surface area contributed by atoms with E-state index in [1.807, 2.05) is 0 Å². The highest BCUT2D eigenvalue weighted by molar-refractivity contribution is 5.84. The van der Waals surface area contributed by atoms with Gasteiger partial charge in [0.2, 0.25) is 5.91 Å². The lowest BCUT2D eigenvalue weighted by molar-refractivity contribution is -0.130. The van der Waals surface area contributed by atoms with Crippen molar-refractivity contribution in [2.45, 2.75) is 39.3 Å². The van der Waals surface area contributed by atoms with Crippen LogP contribution in [0.4, 0.5) is 0 Å². The molecule has 1 fully saturated rings. The first-order chi connectivity index (χ1) is 12.2. The van der Waals surface area contributed by atoms with Gasteiger partial charge in [-0.3, -0.25) is 9.69 Å². The van der Waals surface area contributed by atoms with Gasteiger partial charge >= 0.3 is 0 Å². The molecule has 4 rings (SSSR count). The number of amides is 1. The third kappa shape index (κ3) is 3.21. The minimum absolute atomic E-state index is 0.229. The fourth-order valence-electron chi connectivity index (χ4n) is 4.27. The summed E-state index contributed by atoms with van der Waals surface area (Å²) in [5.41, 5.74) is 5.04. The van der Waals surface area contributed by atoms with E-state index < -0.39 is 0 Å². The number of hydrogen-bond acceptors (Lipinski definition) is 2. The van der Waals surface area contributed by atoms with Crippen molar-refractivity contribution in [3.05, 3.63) is 70.8 Å². The molecule has 2 aliphatic heterocycles. The summed E-state index contributed by atoms with van der Waals surface area (Å²) in [4.78, 5) is 15.3. The first-order valence-corrected chi connectivity index (χ1v) is 9.34. The molecule has 3 nitrogen and oxygen atoms in total. The molecule has 1 atom stereocenters. The molecule has 1 saturated heterocycles. The van der Waals surface area contributed by atoms with Crippen LogP contribution >= 0.6 is 0 Å². The number of carbonyl (C=O) groups excluding carboxylic acids is 1. The van der Waals surface area contributed by atoms with E-state index in [2.05, 4.69) is 65.7 Å². The molecule has 3 heteroatoms. The molecule has 1 unspecified atom stereocenters. The van der Waals surface area contributed by atoms with E-state index in [0.29, 0.717) is 6.54 Å². The molecule has 0 radical (unpaired) electrons. The summed E-state index contributed by atoms with van der Waals surface area (Å²) in [7, 11) is 0. The fourth-order valence-corrected chi connectivity index (χ4v) is 4.27. The zero-order valence-corrected chi connectivity index (χ0v) is 14.9. The SMILES string of the molecule is CCc1ccc(CN2CCC3(Cc4ccccc4CNC3=O)C2)cc1. The highest BCUT2D eigenvalue weighted by atomic mass is 16.2. The maximum Gasteiger partial charge on any atom is 0.228 e. The van der Waals surface area contributed by atoms with Gasteiger partial charge in [-0.25, -0.2) is 0 Å². The van der Waals surface area contributed by atoms with Gasteiger partial charge in [0.1, 0.15) is 0 Å². The molecule has 1 amide bonds. The minimum atomic E-state index is -0.268. The van der Waals surface area contributed by atoms with Gasteiger partial charge in [-0.2, -0.15) is 0 Å². The van der Waals surface area contributed by atoms with Crippen LogP contribution in [0.15, 0.2) is 48.5 Å². The maximum absolute atomic E-state index is 12.9. The number of hydrogen-bond donors (Lipinski definition) is 1. The van der Waals surface area contributed by atoms with Crippen molar-refractivity contribution in [3.63, 3.8) is 0 Å². The molecule has 2 aromatic rings. The van der Waals surface area contributed by atoms with E-state index in [4.69, 9.17) is 0 Å². The van der Waals surface area contributed by atoms with Crippen molar-refractivity contribution in [1.29, 1.82) is 0 Å². The molecule has 2 heterocycles. The number of benzene rings is 2. The van der Waals surface area contributed by atoms with Crippen LogP contribution in [-0.4, -0.2) is 23.9 Å². The molecule has 130 valence electrons. The lowest BCUT2D eigenvalue weighted by Gasteiger charge is -2.26. The van der Waals surface area contributed by atoms with Crippen LogP contribution in [0.1, 0.15) is 35.6 Å². The molecule has 0 aliphatic carbocycles. The number of aryl methyl sites for hydroxylation is 1. The number of nitrogens with zero attached hydrogens (tertiary/aromatic N) is 1. The summed E-state index contributed by atoms with van der Waals surface area (Å²) in [6.45, 7) is 5.62. The second-order valence-corrected chi connectivity index (χ2v) is 7.54. The van der Waals surface area contributed by atoms with E-state index in [-0.39, 0.29) is 11.3 Å². The fraction of sp³-hybridized carbons (Fsp3) is 0.409. The highest BCUT2D eigenvalue weighted by Crippen LogP contribution is 2.37. The predicted octanol–water partition coefficient (Wildman–Crippen LogP) is 3.31. The second kappa shape index (κ2) is 6.64. The summed E-state index contributed by atoms with van der Waals surface area (Å²) in [5, 5.41) is 3.17. The van der Waals surface area contributed by atoms with Crippen LogP contribution in [0.2, 0.25) is 0 Å². The van der Waals surface area contributed by atoms with Gasteiger partial charge in [0.05, 0.1) is 5.41 Å². The average molecular weight is 334 g/mol. The van der Waals surface area contributed by atoms with E-state index in [1.165, 1.54) is 22.3 Å². The number of nitrogens with one attached hydrogen (secondary N) is 1. The topological polar surface area (TPSA) is 32.3 Å². The van der Waals surface area contributed by atoms with E-state index in [1.54, 1.807) is 0 Å². The molecule has 1 N–H and O–H groups in total. The van der Waals surface area contributed by atoms with Crippen molar-refractivity contribution in [1.82, 2.24) is 10.2 Å². The van der Waals surface area contributed by atoms with Crippen LogP contribution < -0.4 is 5.32 Å². The second-order valence-electron chi connectivity index (χ2n) is 7.54. The van der Waals surface area contributed by atoms with Crippen LogP contribution in [0, 0.1) is 5.41 Å². The van der Waals surface area contributed by atoms with Gasteiger partial charge in [-0.15, -0.1) is 0 Å². The van der Waals surface area contributed by atoms with E-state index >= 15 is 0 Å². The van der Waals surface area contributed by atoms with Crippen molar-refractivity contribution < 1.29 is 4.79 Å². The Morgan fingerprint density at radius 2 is 1.76 bits per heavy atom. The Hall–Kier alpha value is -2.13. The Kier molecular flexibility index (Phi) is 4.34. The summed E-state index contributed by atoms with van der Waals surface area (Å²) in [5.74, 6) is 0.229. The Morgan fingerprint density at radius 3 is 2.52 bits per heavy atom. The Balaban J connectivity index is 1.50. The molecule has 0 bridgehead atoms. The van der Waals surface area contributed by atoms with Crippen LogP contribution in [0.3, 0.4) is 0 Å². The Morgan fingerprint density at radius 1 is 1.04 bits per heavy atom. The summed E-state index contributed by atoms with van der Waals surface area (Å²) in [6.07, 6.45) is 2.88. The third-order valence-electron chi connectivity index (χ3n) is 5.84. The number of carbonyl (C=O) groups is 1. The molecule has 25 heavy (non-hydrogen) atoms. The van der Waals surface area contributed by atoms with E-state index in [9.17, 15) is 4.79 Å². The number of rotatable bonds is 3. The standard InChI is InChI=1S/C22H26N2O/c1-2-17-7-9-18(10-8-17)15-24-12-11-22(16-24)13-19-5-3-4-6-20(19)14-23-21(22)25/h3-10H,2,11-16H2,1H3,(H,23,25). The molecular weight excluding hydrogens is 308 g/mol. The quantitative estimate of drug-likeness (QED) is 0.934. The molecular formula is C22H26N2O. The van der Waals surface area contributed by atoms with Crippen molar-refractivity contribution in [2.24, 2.45) is 5.41 Å². The lowest BCUT2D eigenvalue weighted by atomic mass is 9.80. The number of likely N-dealkylation sites (tertiary alicyclic amines) is 1. The van der Waals surface area contributed by atoms with E-state index in [0.717, 1.165) is 38.9 Å². The van der Waals surface area contributed by atoms with Crippen LogP contribution in [-0.2, 0) is 30.7 Å². The van der Waals surface area contributed by atoms with Crippen LogP contribution in [0.25, 0.3) is 0 Å². The average Bonchev–Trinajstić information content (AvgIpc) is 2.99.